The Morgan fingerprint density at radius 2 is 1.95 bits per heavy atom. The van der Waals surface area contributed by atoms with Crippen LogP contribution in [0.2, 0.25) is 5.02 Å². The Bertz CT molecular complexity index is 413. The SMILES string of the molecule is CNC(=O)NC1CCN(Cc2ccc(Cl)cc2)CC1. The minimum atomic E-state index is -0.0869. The molecule has 104 valence electrons. The molecular weight excluding hydrogens is 262 g/mol. The lowest BCUT2D eigenvalue weighted by Crippen LogP contribution is -2.46. The zero-order valence-corrected chi connectivity index (χ0v) is 11.9. The fourth-order valence-electron chi connectivity index (χ4n) is 2.34. The van der Waals surface area contributed by atoms with Crippen LogP contribution >= 0.6 is 11.6 Å². The fraction of sp³-hybridized carbons (Fsp3) is 0.500. The van der Waals surface area contributed by atoms with Crippen molar-refractivity contribution < 1.29 is 4.79 Å². The van der Waals surface area contributed by atoms with Crippen molar-refractivity contribution in [2.24, 2.45) is 0 Å². The maximum absolute atomic E-state index is 11.2. The van der Waals surface area contributed by atoms with E-state index >= 15 is 0 Å². The average molecular weight is 282 g/mol. The molecule has 0 bridgehead atoms. The van der Waals surface area contributed by atoms with Gasteiger partial charge >= 0.3 is 6.03 Å². The van der Waals surface area contributed by atoms with Crippen molar-refractivity contribution >= 4 is 17.6 Å². The van der Waals surface area contributed by atoms with Gasteiger partial charge < -0.3 is 10.6 Å². The zero-order chi connectivity index (χ0) is 13.7. The predicted octanol–water partition coefficient (Wildman–Crippen LogP) is 2.23. The standard InChI is InChI=1S/C14H20ClN3O/c1-16-14(19)17-13-6-8-18(9-7-13)10-11-2-4-12(15)5-3-11/h2-5,13H,6-10H2,1H3,(H2,16,17,19). The number of nitrogens with zero attached hydrogens (tertiary/aromatic N) is 1. The molecule has 0 spiro atoms. The van der Waals surface area contributed by atoms with Gasteiger partial charge in [0.15, 0.2) is 0 Å². The number of nitrogens with one attached hydrogen (secondary N) is 2. The Balaban J connectivity index is 1.77. The number of carbonyl (C=O) groups excluding carboxylic acids is 1. The molecule has 1 aliphatic rings. The summed E-state index contributed by atoms with van der Waals surface area (Å²) in [6, 6.07) is 8.19. The molecule has 0 unspecified atom stereocenters. The largest absolute Gasteiger partial charge is 0.341 e. The molecule has 1 fully saturated rings. The Hall–Kier alpha value is -1.26. The number of hydrogen-bond donors (Lipinski definition) is 2. The second kappa shape index (κ2) is 6.78. The first-order valence-electron chi connectivity index (χ1n) is 6.62. The van der Waals surface area contributed by atoms with Gasteiger partial charge in [0.2, 0.25) is 0 Å². The van der Waals surface area contributed by atoms with E-state index in [1.54, 1.807) is 7.05 Å². The topological polar surface area (TPSA) is 44.4 Å². The van der Waals surface area contributed by atoms with Crippen LogP contribution in [0.15, 0.2) is 24.3 Å². The summed E-state index contributed by atoms with van der Waals surface area (Å²) in [4.78, 5) is 13.6. The summed E-state index contributed by atoms with van der Waals surface area (Å²) in [6.45, 7) is 2.97. The lowest BCUT2D eigenvalue weighted by molar-refractivity contribution is 0.187. The summed E-state index contributed by atoms with van der Waals surface area (Å²) in [6.07, 6.45) is 2.00. The lowest BCUT2D eigenvalue weighted by Gasteiger charge is -2.32. The molecule has 0 radical (unpaired) electrons. The van der Waals surface area contributed by atoms with Gasteiger partial charge in [0.05, 0.1) is 0 Å². The van der Waals surface area contributed by atoms with Crippen molar-refractivity contribution in [3.63, 3.8) is 0 Å². The van der Waals surface area contributed by atoms with Crippen molar-refractivity contribution in [1.29, 1.82) is 0 Å². The Morgan fingerprint density at radius 3 is 2.53 bits per heavy atom. The second-order valence-electron chi connectivity index (χ2n) is 4.90. The summed E-state index contributed by atoms with van der Waals surface area (Å²) >= 11 is 5.88. The molecule has 2 amide bonds. The molecule has 0 aromatic heterocycles. The average Bonchev–Trinajstić information content (AvgIpc) is 2.43. The maximum atomic E-state index is 11.2. The van der Waals surface area contributed by atoms with Gasteiger partial charge in [0, 0.05) is 37.7 Å². The second-order valence-corrected chi connectivity index (χ2v) is 5.34. The Labute approximate surface area is 119 Å². The van der Waals surface area contributed by atoms with Gasteiger partial charge in [-0.05, 0) is 30.5 Å². The van der Waals surface area contributed by atoms with Crippen molar-refractivity contribution in [2.75, 3.05) is 20.1 Å². The summed E-state index contributed by atoms with van der Waals surface area (Å²) < 4.78 is 0. The van der Waals surface area contributed by atoms with E-state index in [1.165, 1.54) is 5.56 Å². The van der Waals surface area contributed by atoms with Gasteiger partial charge in [0.1, 0.15) is 0 Å². The van der Waals surface area contributed by atoms with Crippen LogP contribution in [0.1, 0.15) is 18.4 Å². The van der Waals surface area contributed by atoms with Gasteiger partial charge in [-0.3, -0.25) is 4.90 Å². The van der Waals surface area contributed by atoms with Crippen molar-refractivity contribution in [3.05, 3.63) is 34.9 Å². The molecule has 1 saturated heterocycles. The quantitative estimate of drug-likeness (QED) is 0.892. The molecule has 4 nitrogen and oxygen atoms in total. The number of likely N-dealkylation sites (tertiary alicyclic amines) is 1. The van der Waals surface area contributed by atoms with Gasteiger partial charge in [-0.15, -0.1) is 0 Å². The van der Waals surface area contributed by atoms with Gasteiger partial charge in [-0.25, -0.2) is 4.79 Å². The third-order valence-corrected chi connectivity index (χ3v) is 3.72. The van der Waals surface area contributed by atoms with E-state index < -0.39 is 0 Å². The summed E-state index contributed by atoms with van der Waals surface area (Å²) in [5.41, 5.74) is 1.28. The van der Waals surface area contributed by atoms with Gasteiger partial charge in [0.25, 0.3) is 0 Å². The number of piperidine rings is 1. The molecule has 2 rings (SSSR count). The number of amides is 2. The van der Waals surface area contributed by atoms with E-state index in [0.29, 0.717) is 6.04 Å². The normalized spacial score (nSPS) is 17.2. The fourth-order valence-corrected chi connectivity index (χ4v) is 2.47. The number of benzene rings is 1. The van der Waals surface area contributed by atoms with Crippen LogP contribution in [0.25, 0.3) is 0 Å². The molecule has 1 heterocycles. The highest BCUT2D eigenvalue weighted by Gasteiger charge is 2.20. The van der Waals surface area contributed by atoms with Crippen LogP contribution in [0, 0.1) is 0 Å². The number of urea groups is 1. The smallest absolute Gasteiger partial charge is 0.314 e. The molecule has 2 N–H and O–H groups in total. The molecule has 0 saturated carbocycles. The Morgan fingerprint density at radius 1 is 1.32 bits per heavy atom. The number of carbonyl (C=O) groups is 1. The molecule has 0 atom stereocenters. The van der Waals surface area contributed by atoms with E-state index in [9.17, 15) is 4.79 Å². The monoisotopic (exact) mass is 281 g/mol. The summed E-state index contributed by atoms with van der Waals surface area (Å²) in [5, 5.41) is 6.33. The highest BCUT2D eigenvalue weighted by molar-refractivity contribution is 6.30. The van der Waals surface area contributed by atoms with Crippen molar-refractivity contribution in [1.82, 2.24) is 15.5 Å². The van der Waals surface area contributed by atoms with Crippen LogP contribution < -0.4 is 10.6 Å². The first kappa shape index (κ1) is 14.2. The highest BCUT2D eigenvalue weighted by Crippen LogP contribution is 2.15. The van der Waals surface area contributed by atoms with Crippen LogP contribution in [-0.4, -0.2) is 37.1 Å². The number of rotatable bonds is 3. The van der Waals surface area contributed by atoms with Crippen LogP contribution in [0.4, 0.5) is 4.79 Å². The molecule has 1 aromatic rings. The van der Waals surface area contributed by atoms with Crippen molar-refractivity contribution in [3.8, 4) is 0 Å². The van der Waals surface area contributed by atoms with E-state index in [2.05, 4.69) is 27.7 Å². The van der Waals surface area contributed by atoms with E-state index in [0.717, 1.165) is 37.5 Å². The van der Waals surface area contributed by atoms with Gasteiger partial charge in [-0.2, -0.15) is 0 Å². The van der Waals surface area contributed by atoms with Crippen LogP contribution in [0.5, 0.6) is 0 Å². The first-order chi connectivity index (χ1) is 9.17. The zero-order valence-electron chi connectivity index (χ0n) is 11.2. The molecule has 1 aliphatic heterocycles. The summed E-state index contributed by atoms with van der Waals surface area (Å²) in [5.74, 6) is 0. The van der Waals surface area contributed by atoms with Crippen LogP contribution in [0.3, 0.4) is 0 Å². The molecule has 0 aliphatic carbocycles. The number of halogens is 1. The third kappa shape index (κ3) is 4.40. The molecule has 19 heavy (non-hydrogen) atoms. The van der Waals surface area contributed by atoms with E-state index in [1.807, 2.05) is 12.1 Å². The first-order valence-corrected chi connectivity index (χ1v) is 7.00. The molecule has 5 heteroatoms. The molecule has 1 aromatic carbocycles. The minimum Gasteiger partial charge on any atom is -0.341 e. The van der Waals surface area contributed by atoms with Crippen molar-refractivity contribution in [2.45, 2.75) is 25.4 Å². The minimum absolute atomic E-state index is 0.0869. The maximum Gasteiger partial charge on any atom is 0.314 e. The third-order valence-electron chi connectivity index (χ3n) is 3.47. The Kier molecular flexibility index (Phi) is 5.05. The van der Waals surface area contributed by atoms with Crippen LogP contribution in [-0.2, 0) is 6.54 Å². The van der Waals surface area contributed by atoms with E-state index in [-0.39, 0.29) is 6.03 Å². The predicted molar refractivity (Wildman–Crippen MR) is 77.3 cm³/mol. The lowest BCUT2D eigenvalue weighted by atomic mass is 10.0. The van der Waals surface area contributed by atoms with Gasteiger partial charge in [-0.1, -0.05) is 23.7 Å². The highest BCUT2D eigenvalue weighted by atomic mass is 35.5. The summed E-state index contributed by atoms with van der Waals surface area (Å²) in [7, 11) is 1.64. The number of hydrogen-bond acceptors (Lipinski definition) is 2. The van der Waals surface area contributed by atoms with E-state index in [4.69, 9.17) is 11.6 Å². The molecular formula is C14H20ClN3O.